The number of carbonyl (C=O) groups excluding carboxylic acids is 2. The van der Waals surface area contributed by atoms with E-state index in [1.165, 1.54) is 5.57 Å². The second-order valence-corrected chi connectivity index (χ2v) is 17.4. The number of aliphatic carboxylic acids is 1. The molecule has 0 aromatic carbocycles. The maximum atomic E-state index is 13.2. The van der Waals surface area contributed by atoms with Crippen molar-refractivity contribution in [2.24, 2.45) is 67.8 Å². The van der Waals surface area contributed by atoms with E-state index in [2.05, 4.69) is 54.5 Å². The van der Waals surface area contributed by atoms with Gasteiger partial charge in [0.25, 0.3) is 0 Å². The minimum Gasteiger partial charge on any atom is -0.481 e. The zero-order valence-electron chi connectivity index (χ0n) is 27.8. The number of esters is 1. The lowest BCUT2D eigenvalue weighted by Crippen LogP contribution is -2.66. The number of carbonyl (C=O) groups is 3. The average Bonchev–Trinajstić information content (AvgIpc) is 2.87. The molecule has 4 saturated carbocycles. The molecule has 0 radical (unpaired) electrons. The van der Waals surface area contributed by atoms with Crippen molar-refractivity contribution in [2.45, 2.75) is 133 Å². The monoisotopic (exact) mass is 583 g/mol. The molecule has 0 spiro atoms. The van der Waals surface area contributed by atoms with Crippen LogP contribution in [-0.2, 0) is 19.1 Å². The van der Waals surface area contributed by atoms with Crippen molar-refractivity contribution >= 4 is 17.8 Å². The van der Waals surface area contributed by atoms with Gasteiger partial charge >= 0.3 is 11.9 Å². The highest BCUT2D eigenvalue weighted by atomic mass is 16.5. The highest BCUT2D eigenvalue weighted by Crippen LogP contribution is 2.75. The van der Waals surface area contributed by atoms with Gasteiger partial charge in [0.2, 0.25) is 5.91 Å². The molecule has 6 heteroatoms. The summed E-state index contributed by atoms with van der Waals surface area (Å²) in [6.45, 7) is 20.0. The third-order valence-electron chi connectivity index (χ3n) is 14.9. The molecule has 0 aromatic heterocycles. The van der Waals surface area contributed by atoms with Crippen LogP contribution in [0.4, 0.5) is 0 Å². The molecule has 6 nitrogen and oxygen atoms in total. The van der Waals surface area contributed by atoms with E-state index in [9.17, 15) is 19.5 Å². The molecule has 42 heavy (non-hydrogen) atoms. The Hall–Kier alpha value is -1.85. The summed E-state index contributed by atoms with van der Waals surface area (Å²) >= 11 is 0. The highest BCUT2D eigenvalue weighted by molar-refractivity contribution is 5.82. The minimum atomic E-state index is -1.14. The van der Waals surface area contributed by atoms with Gasteiger partial charge in [-0.2, -0.15) is 0 Å². The Kier molecular flexibility index (Phi) is 7.39. The SMILES string of the molecule is C[C@@H]1CC[C@]2(C(N)=O)CC[C@]3(C)C(=CCC4[C@@]5(C)CCC(OC(=O)CC(C)(C)C(=O)O)C(C)(C)C5CC[C@]43C)C2[C@H]1C. The van der Waals surface area contributed by atoms with Crippen molar-refractivity contribution in [3.8, 4) is 0 Å². The molecule has 5 aliphatic rings. The van der Waals surface area contributed by atoms with Crippen LogP contribution >= 0.6 is 0 Å². The summed E-state index contributed by atoms with van der Waals surface area (Å²) in [7, 11) is 0. The van der Waals surface area contributed by atoms with Crippen LogP contribution in [0.2, 0.25) is 0 Å². The molecule has 0 aliphatic heterocycles. The number of nitrogens with two attached hydrogens (primary N) is 1. The van der Waals surface area contributed by atoms with Gasteiger partial charge in [0.1, 0.15) is 6.10 Å². The van der Waals surface area contributed by atoms with Gasteiger partial charge < -0.3 is 15.6 Å². The summed E-state index contributed by atoms with van der Waals surface area (Å²) in [5.74, 6) is 0.718. The topological polar surface area (TPSA) is 107 Å². The van der Waals surface area contributed by atoms with E-state index in [4.69, 9.17) is 10.5 Å². The Labute approximate surface area is 254 Å². The van der Waals surface area contributed by atoms with Crippen LogP contribution in [0, 0.1) is 62.1 Å². The van der Waals surface area contributed by atoms with E-state index >= 15 is 0 Å². The van der Waals surface area contributed by atoms with Crippen molar-refractivity contribution < 1.29 is 24.2 Å². The molecule has 10 atom stereocenters. The van der Waals surface area contributed by atoms with Crippen molar-refractivity contribution in [2.75, 3.05) is 0 Å². The Morgan fingerprint density at radius 2 is 1.62 bits per heavy atom. The number of fused-ring (bicyclic) bond motifs is 7. The van der Waals surface area contributed by atoms with Gasteiger partial charge in [0, 0.05) is 5.41 Å². The number of primary amides is 1. The van der Waals surface area contributed by atoms with Crippen LogP contribution in [0.5, 0.6) is 0 Å². The van der Waals surface area contributed by atoms with Crippen molar-refractivity contribution in [1.82, 2.24) is 0 Å². The molecule has 0 saturated heterocycles. The van der Waals surface area contributed by atoms with E-state index in [1.54, 1.807) is 13.8 Å². The van der Waals surface area contributed by atoms with Gasteiger partial charge in [-0.25, -0.2) is 0 Å². The number of rotatable bonds is 5. The first-order chi connectivity index (χ1) is 19.3. The predicted molar refractivity (Wildman–Crippen MR) is 164 cm³/mol. The third-order valence-corrected chi connectivity index (χ3v) is 14.9. The lowest BCUT2D eigenvalue weighted by atomic mass is 9.33. The third kappa shape index (κ3) is 4.19. The Balaban J connectivity index is 1.46. The zero-order chi connectivity index (χ0) is 31.3. The molecule has 0 bridgehead atoms. The van der Waals surface area contributed by atoms with Crippen LogP contribution in [0.3, 0.4) is 0 Å². The minimum absolute atomic E-state index is 0.0364. The van der Waals surface area contributed by atoms with Gasteiger partial charge in [0.15, 0.2) is 0 Å². The maximum Gasteiger partial charge on any atom is 0.309 e. The molecule has 1 amide bonds. The fraction of sp³-hybridized carbons (Fsp3) is 0.861. The first-order valence-electron chi connectivity index (χ1n) is 16.7. The summed E-state index contributed by atoms with van der Waals surface area (Å²) in [4.78, 5) is 37.7. The molecule has 236 valence electrons. The zero-order valence-corrected chi connectivity index (χ0v) is 27.8. The molecule has 5 aliphatic carbocycles. The lowest BCUT2D eigenvalue weighted by Gasteiger charge is -2.71. The fourth-order valence-corrected chi connectivity index (χ4v) is 11.7. The fourth-order valence-electron chi connectivity index (χ4n) is 11.7. The lowest BCUT2D eigenvalue weighted by molar-refractivity contribution is -0.214. The van der Waals surface area contributed by atoms with Crippen LogP contribution < -0.4 is 5.73 Å². The molecule has 5 rings (SSSR count). The van der Waals surface area contributed by atoms with E-state index in [-0.39, 0.29) is 46.0 Å². The number of hydrogen-bond donors (Lipinski definition) is 2. The molecular formula is C36H57NO5. The van der Waals surface area contributed by atoms with Gasteiger partial charge in [-0.15, -0.1) is 0 Å². The summed E-state index contributed by atoms with van der Waals surface area (Å²) in [6.07, 6.45) is 11.2. The number of amides is 1. The van der Waals surface area contributed by atoms with E-state index in [0.717, 1.165) is 57.8 Å². The van der Waals surface area contributed by atoms with Crippen molar-refractivity contribution in [3.63, 3.8) is 0 Å². The van der Waals surface area contributed by atoms with Crippen LogP contribution in [0.15, 0.2) is 11.6 Å². The number of allylic oxidation sites excluding steroid dienone is 2. The second kappa shape index (κ2) is 9.83. The summed E-state index contributed by atoms with van der Waals surface area (Å²) < 4.78 is 6.11. The van der Waals surface area contributed by atoms with Crippen molar-refractivity contribution in [3.05, 3.63) is 11.6 Å². The standard InChI is InChI=1S/C36H57NO5/c1-21-12-17-36(29(37)39)19-18-34(8)23(28(36)22(21)2)10-11-25-33(7)15-14-26(42-27(38)20-31(3,4)30(40)41)32(5,6)24(33)13-16-35(25,34)9/h10,21-22,24-26,28H,11-20H2,1-9H3,(H2,37,39)(H,40,41)/t21-,22+,24?,25?,26?,28?,33+,34-,35-,36+/m1/s1. The molecule has 0 heterocycles. The summed E-state index contributed by atoms with van der Waals surface area (Å²) in [5.41, 5.74) is 6.31. The quantitative estimate of drug-likeness (QED) is 0.257. The van der Waals surface area contributed by atoms with Gasteiger partial charge in [-0.05, 0) is 117 Å². The van der Waals surface area contributed by atoms with E-state index < -0.39 is 22.8 Å². The predicted octanol–water partition coefficient (Wildman–Crippen LogP) is 7.54. The average molecular weight is 584 g/mol. The second-order valence-electron chi connectivity index (χ2n) is 17.4. The molecular weight excluding hydrogens is 526 g/mol. The Morgan fingerprint density at radius 3 is 2.24 bits per heavy atom. The number of carboxylic acids is 1. The summed E-state index contributed by atoms with van der Waals surface area (Å²) in [5, 5.41) is 9.52. The van der Waals surface area contributed by atoms with E-state index in [0.29, 0.717) is 23.7 Å². The molecule has 4 unspecified atom stereocenters. The summed E-state index contributed by atoms with van der Waals surface area (Å²) in [6, 6.07) is 0. The first-order valence-corrected chi connectivity index (χ1v) is 16.7. The van der Waals surface area contributed by atoms with Gasteiger partial charge in [0.05, 0.1) is 17.3 Å². The largest absolute Gasteiger partial charge is 0.481 e. The molecule has 0 aromatic rings. The van der Waals surface area contributed by atoms with Crippen LogP contribution in [0.1, 0.15) is 127 Å². The van der Waals surface area contributed by atoms with E-state index in [1.807, 2.05) is 0 Å². The highest BCUT2D eigenvalue weighted by Gasteiger charge is 2.69. The van der Waals surface area contributed by atoms with Crippen molar-refractivity contribution in [1.29, 1.82) is 0 Å². The molecule has 4 fully saturated rings. The number of carboxylic acid groups (broad SMARTS) is 1. The number of hydrogen-bond acceptors (Lipinski definition) is 4. The Morgan fingerprint density at radius 1 is 0.952 bits per heavy atom. The first kappa shape index (κ1) is 31.6. The Bertz CT molecular complexity index is 1190. The normalized spacial score (nSPS) is 46.2. The smallest absolute Gasteiger partial charge is 0.309 e. The number of ether oxygens (including phenoxy) is 1. The van der Waals surface area contributed by atoms with Gasteiger partial charge in [-0.3, -0.25) is 14.4 Å². The molecule has 3 N–H and O–H groups in total. The van der Waals surface area contributed by atoms with Gasteiger partial charge in [-0.1, -0.05) is 60.1 Å². The van der Waals surface area contributed by atoms with Crippen LogP contribution in [-0.4, -0.2) is 29.1 Å². The maximum absolute atomic E-state index is 13.2. The van der Waals surface area contributed by atoms with Crippen LogP contribution in [0.25, 0.3) is 0 Å².